The van der Waals surface area contributed by atoms with Gasteiger partial charge in [-0.3, -0.25) is 9.69 Å². The van der Waals surface area contributed by atoms with Crippen LogP contribution in [0.15, 0.2) is 24.3 Å². The monoisotopic (exact) mass is 268 g/mol. The van der Waals surface area contributed by atoms with Crippen LogP contribution in [-0.2, 0) is 11.3 Å². The second kappa shape index (κ2) is 6.76. The predicted octanol–water partition coefficient (Wildman–Crippen LogP) is 2.68. The van der Waals surface area contributed by atoms with Crippen molar-refractivity contribution in [2.24, 2.45) is 0 Å². The van der Waals surface area contributed by atoms with Crippen LogP contribution in [0.1, 0.15) is 26.3 Å². The molecule has 100 valence electrons. The van der Waals surface area contributed by atoms with Crippen molar-refractivity contribution in [3.05, 3.63) is 34.9 Å². The fraction of sp³-hybridized carbons (Fsp3) is 0.500. The molecule has 0 aliphatic rings. The normalized spacial score (nSPS) is 12.8. The van der Waals surface area contributed by atoms with Crippen LogP contribution < -0.4 is 5.32 Å². The molecule has 1 aromatic carbocycles. The quantitative estimate of drug-likeness (QED) is 0.891. The average molecular weight is 269 g/mol. The molecule has 0 aromatic heterocycles. The van der Waals surface area contributed by atoms with Gasteiger partial charge < -0.3 is 5.32 Å². The van der Waals surface area contributed by atoms with E-state index in [4.69, 9.17) is 11.6 Å². The summed E-state index contributed by atoms with van der Waals surface area (Å²) in [5, 5.41) is 3.65. The van der Waals surface area contributed by atoms with Crippen molar-refractivity contribution in [3.63, 3.8) is 0 Å². The van der Waals surface area contributed by atoms with E-state index >= 15 is 0 Å². The number of benzene rings is 1. The molecule has 4 heteroatoms. The van der Waals surface area contributed by atoms with Crippen molar-refractivity contribution >= 4 is 17.5 Å². The van der Waals surface area contributed by atoms with Gasteiger partial charge in [0.05, 0.1) is 6.04 Å². The lowest BCUT2D eigenvalue weighted by Gasteiger charge is -2.24. The van der Waals surface area contributed by atoms with Gasteiger partial charge in [-0.15, -0.1) is 0 Å². The fourth-order valence-electron chi connectivity index (χ4n) is 1.62. The first-order chi connectivity index (χ1) is 8.40. The number of halogens is 1. The van der Waals surface area contributed by atoms with E-state index in [1.807, 2.05) is 57.0 Å². The molecule has 1 aromatic rings. The predicted molar refractivity (Wildman–Crippen MR) is 75.7 cm³/mol. The Hall–Kier alpha value is -1.06. The van der Waals surface area contributed by atoms with Gasteiger partial charge >= 0.3 is 0 Å². The summed E-state index contributed by atoms with van der Waals surface area (Å²) in [6.45, 7) is 6.56. The number of hydrogen-bond acceptors (Lipinski definition) is 2. The summed E-state index contributed by atoms with van der Waals surface area (Å²) in [6.07, 6.45) is 0. The van der Waals surface area contributed by atoms with Crippen LogP contribution in [0.2, 0.25) is 5.02 Å². The highest BCUT2D eigenvalue weighted by Crippen LogP contribution is 2.12. The number of carbonyl (C=O) groups excluding carboxylic acids is 1. The Morgan fingerprint density at radius 2 is 1.83 bits per heavy atom. The molecule has 3 nitrogen and oxygen atoms in total. The molecular formula is C14H21ClN2O. The molecule has 1 amide bonds. The first-order valence-electron chi connectivity index (χ1n) is 6.15. The molecule has 0 radical (unpaired) electrons. The molecule has 18 heavy (non-hydrogen) atoms. The number of nitrogens with zero attached hydrogens (tertiary/aromatic N) is 1. The van der Waals surface area contributed by atoms with Gasteiger partial charge in [0.15, 0.2) is 0 Å². The van der Waals surface area contributed by atoms with E-state index in [9.17, 15) is 4.79 Å². The van der Waals surface area contributed by atoms with Gasteiger partial charge in [-0.25, -0.2) is 0 Å². The summed E-state index contributed by atoms with van der Waals surface area (Å²) >= 11 is 5.84. The third kappa shape index (κ3) is 4.67. The van der Waals surface area contributed by atoms with Gasteiger partial charge in [0, 0.05) is 17.6 Å². The SMILES string of the molecule is CC(C)NC(=O)[C@@H](C)N(C)Cc1ccc(Cl)cc1. The average Bonchev–Trinajstić information content (AvgIpc) is 2.30. The molecule has 1 rings (SSSR count). The zero-order chi connectivity index (χ0) is 13.7. The number of rotatable bonds is 5. The van der Waals surface area contributed by atoms with Crippen molar-refractivity contribution < 1.29 is 4.79 Å². The number of nitrogens with one attached hydrogen (secondary N) is 1. The minimum absolute atomic E-state index is 0.0569. The van der Waals surface area contributed by atoms with Crippen LogP contribution in [0, 0.1) is 0 Å². The van der Waals surface area contributed by atoms with Crippen molar-refractivity contribution in [1.82, 2.24) is 10.2 Å². The molecule has 0 spiro atoms. The number of amides is 1. The number of carbonyl (C=O) groups is 1. The molecule has 0 aliphatic carbocycles. The summed E-state index contributed by atoms with van der Waals surface area (Å²) in [6, 6.07) is 7.71. The van der Waals surface area contributed by atoms with E-state index in [0.29, 0.717) is 0 Å². The Balaban J connectivity index is 2.56. The topological polar surface area (TPSA) is 32.3 Å². The highest BCUT2D eigenvalue weighted by molar-refractivity contribution is 6.30. The Labute approximate surface area is 114 Å². The van der Waals surface area contributed by atoms with Crippen LogP contribution in [0.5, 0.6) is 0 Å². The number of hydrogen-bond donors (Lipinski definition) is 1. The summed E-state index contributed by atoms with van der Waals surface area (Å²) in [5.41, 5.74) is 1.14. The maximum absolute atomic E-state index is 11.9. The smallest absolute Gasteiger partial charge is 0.237 e. The van der Waals surface area contributed by atoms with E-state index in [1.54, 1.807) is 0 Å². The van der Waals surface area contributed by atoms with Crippen LogP contribution >= 0.6 is 11.6 Å². The Bertz CT molecular complexity index is 389. The summed E-state index contributed by atoms with van der Waals surface area (Å²) in [5.74, 6) is 0.0569. The highest BCUT2D eigenvalue weighted by atomic mass is 35.5. The van der Waals surface area contributed by atoms with E-state index < -0.39 is 0 Å². The molecular weight excluding hydrogens is 248 g/mol. The largest absolute Gasteiger partial charge is 0.353 e. The Morgan fingerprint density at radius 3 is 2.33 bits per heavy atom. The molecule has 1 atom stereocenters. The summed E-state index contributed by atoms with van der Waals surface area (Å²) < 4.78 is 0. The van der Waals surface area contributed by atoms with Gasteiger partial charge in [-0.1, -0.05) is 23.7 Å². The van der Waals surface area contributed by atoms with Crippen LogP contribution in [0.25, 0.3) is 0 Å². The van der Waals surface area contributed by atoms with Crippen molar-refractivity contribution in [2.75, 3.05) is 7.05 Å². The van der Waals surface area contributed by atoms with E-state index in [-0.39, 0.29) is 18.0 Å². The van der Waals surface area contributed by atoms with Crippen LogP contribution in [0.4, 0.5) is 0 Å². The molecule has 0 saturated heterocycles. The molecule has 0 unspecified atom stereocenters. The van der Waals surface area contributed by atoms with Gasteiger partial charge in [0.25, 0.3) is 0 Å². The minimum Gasteiger partial charge on any atom is -0.353 e. The second-order valence-electron chi connectivity index (χ2n) is 4.88. The zero-order valence-electron chi connectivity index (χ0n) is 11.4. The maximum Gasteiger partial charge on any atom is 0.237 e. The lowest BCUT2D eigenvalue weighted by Crippen LogP contribution is -2.45. The van der Waals surface area contributed by atoms with Crippen LogP contribution in [-0.4, -0.2) is 29.9 Å². The summed E-state index contributed by atoms with van der Waals surface area (Å²) in [7, 11) is 1.94. The van der Waals surface area contributed by atoms with E-state index in [1.165, 1.54) is 0 Å². The van der Waals surface area contributed by atoms with Crippen molar-refractivity contribution in [2.45, 2.75) is 39.4 Å². The van der Waals surface area contributed by atoms with Gasteiger partial charge in [0.2, 0.25) is 5.91 Å². The van der Waals surface area contributed by atoms with Gasteiger partial charge in [0.1, 0.15) is 0 Å². The third-order valence-corrected chi connectivity index (χ3v) is 3.07. The van der Waals surface area contributed by atoms with Crippen LogP contribution in [0.3, 0.4) is 0 Å². The summed E-state index contributed by atoms with van der Waals surface area (Å²) in [4.78, 5) is 13.9. The second-order valence-corrected chi connectivity index (χ2v) is 5.32. The first-order valence-corrected chi connectivity index (χ1v) is 6.53. The van der Waals surface area contributed by atoms with E-state index in [0.717, 1.165) is 17.1 Å². The first kappa shape index (κ1) is 15.0. The number of likely N-dealkylation sites (N-methyl/N-ethyl adjacent to an activating group) is 1. The molecule has 0 fully saturated rings. The fourth-order valence-corrected chi connectivity index (χ4v) is 1.75. The van der Waals surface area contributed by atoms with Gasteiger partial charge in [-0.2, -0.15) is 0 Å². The maximum atomic E-state index is 11.9. The standard InChI is InChI=1S/C14H21ClN2O/c1-10(2)16-14(18)11(3)17(4)9-12-5-7-13(15)8-6-12/h5-8,10-11H,9H2,1-4H3,(H,16,18)/t11-/m1/s1. The lowest BCUT2D eigenvalue weighted by atomic mass is 10.2. The van der Waals surface area contributed by atoms with E-state index in [2.05, 4.69) is 5.32 Å². The molecule has 0 bridgehead atoms. The zero-order valence-corrected chi connectivity index (χ0v) is 12.2. The Morgan fingerprint density at radius 1 is 1.28 bits per heavy atom. The molecule has 1 N–H and O–H groups in total. The molecule has 0 saturated carbocycles. The minimum atomic E-state index is -0.150. The lowest BCUT2D eigenvalue weighted by molar-refractivity contribution is -0.126. The van der Waals surface area contributed by atoms with Crippen molar-refractivity contribution in [1.29, 1.82) is 0 Å². The van der Waals surface area contributed by atoms with Crippen molar-refractivity contribution in [3.8, 4) is 0 Å². The molecule has 0 heterocycles. The highest BCUT2D eigenvalue weighted by Gasteiger charge is 2.18. The Kier molecular flexibility index (Phi) is 5.63. The molecule has 0 aliphatic heterocycles. The van der Waals surface area contributed by atoms with Gasteiger partial charge in [-0.05, 0) is 45.5 Å². The third-order valence-electron chi connectivity index (χ3n) is 2.82.